The smallest absolute Gasteiger partial charge is 0.270 e. The number of nitrogens with zero attached hydrogens (tertiary/aromatic N) is 5. The van der Waals surface area contributed by atoms with Crippen LogP contribution in [-0.2, 0) is 4.79 Å². The molecule has 0 aromatic carbocycles. The minimum atomic E-state index is -0.336. The summed E-state index contributed by atoms with van der Waals surface area (Å²) in [7, 11) is 0. The van der Waals surface area contributed by atoms with Crippen LogP contribution in [0, 0.1) is 5.92 Å². The van der Waals surface area contributed by atoms with E-state index >= 15 is 0 Å². The Kier molecular flexibility index (Phi) is 5.52. The normalized spacial score (nSPS) is 17.7. The van der Waals surface area contributed by atoms with Crippen molar-refractivity contribution in [2.24, 2.45) is 5.92 Å². The molecule has 1 unspecified atom stereocenters. The fraction of sp³-hybridized carbons (Fsp3) is 0.474. The van der Waals surface area contributed by atoms with Crippen molar-refractivity contribution < 1.29 is 14.4 Å². The quantitative estimate of drug-likeness (QED) is 0.710. The van der Waals surface area contributed by atoms with E-state index in [2.05, 4.69) is 25.2 Å². The average Bonchev–Trinajstić information content (AvgIpc) is 3.49. The number of aldehydes is 1. The number of hydrogen-bond donors (Lipinski definition) is 1. The van der Waals surface area contributed by atoms with Gasteiger partial charge in [-0.15, -0.1) is 11.3 Å². The second kappa shape index (κ2) is 8.24. The summed E-state index contributed by atoms with van der Waals surface area (Å²) in [5, 5.41) is 3.51. The second-order valence-electron chi connectivity index (χ2n) is 7.26. The molecule has 2 aromatic heterocycles. The molecule has 4 rings (SSSR count). The molecule has 1 aliphatic carbocycles. The van der Waals surface area contributed by atoms with Gasteiger partial charge in [-0.05, 0) is 19.8 Å². The predicted molar refractivity (Wildman–Crippen MR) is 107 cm³/mol. The Bertz CT molecular complexity index is 920. The first kappa shape index (κ1) is 19.4. The molecule has 1 saturated heterocycles. The maximum absolute atomic E-state index is 12.6. The summed E-state index contributed by atoms with van der Waals surface area (Å²) in [4.78, 5) is 52.7. The molecule has 152 valence electrons. The van der Waals surface area contributed by atoms with Gasteiger partial charge in [-0.2, -0.15) is 0 Å². The van der Waals surface area contributed by atoms with Gasteiger partial charge in [0.1, 0.15) is 22.8 Å². The molecule has 2 aromatic rings. The summed E-state index contributed by atoms with van der Waals surface area (Å²) in [6.45, 7) is 4.51. The molecule has 2 amide bonds. The molecule has 2 aliphatic rings. The number of carbonyl (C=O) groups excluding carboxylic acids is 3. The van der Waals surface area contributed by atoms with Crippen LogP contribution in [0.25, 0.3) is 0 Å². The van der Waals surface area contributed by atoms with E-state index in [0.717, 1.165) is 19.1 Å². The van der Waals surface area contributed by atoms with Gasteiger partial charge in [0, 0.05) is 44.4 Å². The van der Waals surface area contributed by atoms with Gasteiger partial charge in [0.05, 0.1) is 10.9 Å². The molecule has 1 N–H and O–H groups in total. The van der Waals surface area contributed by atoms with E-state index in [4.69, 9.17) is 0 Å². The molecule has 3 heterocycles. The topological polar surface area (TPSA) is 108 Å². The molecular formula is C19H22N6O3S. The Balaban J connectivity index is 1.37. The van der Waals surface area contributed by atoms with Crippen LogP contribution in [0.2, 0.25) is 0 Å². The number of piperazine rings is 1. The summed E-state index contributed by atoms with van der Waals surface area (Å²) in [5.41, 5.74) is 0.269. The zero-order chi connectivity index (χ0) is 20.4. The molecule has 1 saturated carbocycles. The van der Waals surface area contributed by atoms with Crippen LogP contribution >= 0.6 is 11.3 Å². The third-order valence-corrected chi connectivity index (χ3v) is 6.21. The lowest BCUT2D eigenvalue weighted by atomic mass is 10.2. The largest absolute Gasteiger partial charge is 0.353 e. The standard InChI is InChI=1S/C19H22N6O3S/c1-12(18-20-9-14(10-26)29-18)23-17(27)15-8-16(22-11-21-15)24-4-6-25(7-5-24)19(28)13-2-3-13/h8-13H,2-7H2,1H3,(H,23,27). The summed E-state index contributed by atoms with van der Waals surface area (Å²) in [6, 6.07) is 1.33. The first-order chi connectivity index (χ1) is 14.0. The number of aromatic nitrogens is 3. The lowest BCUT2D eigenvalue weighted by Crippen LogP contribution is -2.49. The van der Waals surface area contributed by atoms with E-state index in [9.17, 15) is 14.4 Å². The number of rotatable bonds is 6. The van der Waals surface area contributed by atoms with Crippen LogP contribution in [0.4, 0.5) is 5.82 Å². The summed E-state index contributed by atoms with van der Waals surface area (Å²) in [6.07, 6.45) is 5.64. The molecule has 29 heavy (non-hydrogen) atoms. The molecule has 10 heteroatoms. The molecule has 9 nitrogen and oxygen atoms in total. The first-order valence-electron chi connectivity index (χ1n) is 9.62. The monoisotopic (exact) mass is 414 g/mol. The number of anilines is 1. The highest BCUT2D eigenvalue weighted by Gasteiger charge is 2.34. The van der Waals surface area contributed by atoms with Gasteiger partial charge in [-0.1, -0.05) is 0 Å². The zero-order valence-electron chi connectivity index (χ0n) is 16.1. The molecule has 0 bridgehead atoms. The Hall–Kier alpha value is -2.88. The van der Waals surface area contributed by atoms with Gasteiger partial charge >= 0.3 is 0 Å². The molecule has 1 aliphatic heterocycles. The van der Waals surface area contributed by atoms with Crippen molar-refractivity contribution in [1.82, 2.24) is 25.2 Å². The van der Waals surface area contributed by atoms with Crippen molar-refractivity contribution in [3.8, 4) is 0 Å². The number of amides is 2. The van der Waals surface area contributed by atoms with Crippen LogP contribution in [0.1, 0.15) is 51.0 Å². The maximum Gasteiger partial charge on any atom is 0.270 e. The number of thiazole rings is 1. The highest BCUT2D eigenvalue weighted by molar-refractivity contribution is 7.13. The van der Waals surface area contributed by atoms with Crippen LogP contribution in [0.15, 0.2) is 18.6 Å². The van der Waals surface area contributed by atoms with Gasteiger partial charge in [0.2, 0.25) is 5.91 Å². The summed E-state index contributed by atoms with van der Waals surface area (Å²) >= 11 is 1.25. The Labute approximate surface area is 172 Å². The molecular weight excluding hydrogens is 392 g/mol. The van der Waals surface area contributed by atoms with Crippen molar-refractivity contribution in [3.63, 3.8) is 0 Å². The van der Waals surface area contributed by atoms with Gasteiger partial charge in [-0.25, -0.2) is 15.0 Å². The minimum absolute atomic E-state index is 0.235. The van der Waals surface area contributed by atoms with Gasteiger partial charge < -0.3 is 15.1 Å². The highest BCUT2D eigenvalue weighted by atomic mass is 32.1. The minimum Gasteiger partial charge on any atom is -0.353 e. The molecule has 0 radical (unpaired) electrons. The van der Waals surface area contributed by atoms with E-state index in [1.807, 2.05) is 11.8 Å². The fourth-order valence-corrected chi connectivity index (χ4v) is 4.01. The van der Waals surface area contributed by atoms with E-state index in [0.29, 0.717) is 41.9 Å². The average molecular weight is 414 g/mol. The second-order valence-corrected chi connectivity index (χ2v) is 8.36. The van der Waals surface area contributed by atoms with Gasteiger partial charge in [-0.3, -0.25) is 14.4 Å². The third-order valence-electron chi connectivity index (χ3n) is 5.10. The van der Waals surface area contributed by atoms with Gasteiger partial charge in [0.15, 0.2) is 6.29 Å². The first-order valence-corrected chi connectivity index (χ1v) is 10.4. The summed E-state index contributed by atoms with van der Waals surface area (Å²) < 4.78 is 0. The van der Waals surface area contributed by atoms with Crippen molar-refractivity contribution in [1.29, 1.82) is 0 Å². The highest BCUT2D eigenvalue weighted by Crippen LogP contribution is 2.31. The fourth-order valence-electron chi connectivity index (χ4n) is 3.28. The summed E-state index contributed by atoms with van der Waals surface area (Å²) in [5.74, 6) is 0.847. The molecule has 1 atom stereocenters. The van der Waals surface area contributed by atoms with Crippen LogP contribution in [0.3, 0.4) is 0 Å². The number of nitrogens with one attached hydrogen (secondary N) is 1. The maximum atomic E-state index is 12.6. The number of carbonyl (C=O) groups is 3. The van der Waals surface area contributed by atoms with Crippen LogP contribution < -0.4 is 10.2 Å². The molecule has 0 spiro atoms. The zero-order valence-corrected chi connectivity index (χ0v) is 16.9. The third kappa shape index (κ3) is 4.42. The van der Waals surface area contributed by atoms with Crippen molar-refractivity contribution in [2.45, 2.75) is 25.8 Å². The van der Waals surface area contributed by atoms with Crippen molar-refractivity contribution >= 4 is 35.3 Å². The van der Waals surface area contributed by atoms with Gasteiger partial charge in [0.25, 0.3) is 5.91 Å². The van der Waals surface area contributed by atoms with Crippen LogP contribution in [0.5, 0.6) is 0 Å². The van der Waals surface area contributed by atoms with Crippen molar-refractivity contribution in [3.05, 3.63) is 34.2 Å². The Morgan fingerprint density at radius 1 is 1.21 bits per heavy atom. The van der Waals surface area contributed by atoms with E-state index in [1.54, 1.807) is 6.07 Å². The SMILES string of the molecule is CC(NC(=O)c1cc(N2CCN(C(=O)C3CC3)CC2)ncn1)c1ncc(C=O)s1. The van der Waals surface area contributed by atoms with E-state index in [-0.39, 0.29) is 29.5 Å². The van der Waals surface area contributed by atoms with E-state index in [1.165, 1.54) is 23.9 Å². The lowest BCUT2D eigenvalue weighted by molar-refractivity contribution is -0.132. The van der Waals surface area contributed by atoms with E-state index < -0.39 is 0 Å². The molecule has 2 fully saturated rings. The Morgan fingerprint density at radius 3 is 2.62 bits per heavy atom. The predicted octanol–water partition coefficient (Wildman–Crippen LogP) is 1.30. The number of hydrogen-bond acceptors (Lipinski definition) is 8. The Morgan fingerprint density at radius 2 is 1.97 bits per heavy atom. The lowest BCUT2D eigenvalue weighted by Gasteiger charge is -2.35. The van der Waals surface area contributed by atoms with Crippen LogP contribution in [-0.4, -0.2) is 64.1 Å². The van der Waals surface area contributed by atoms with Crippen molar-refractivity contribution in [2.75, 3.05) is 31.1 Å².